The van der Waals surface area contributed by atoms with Crippen LogP contribution in [0.15, 0.2) is 88.1 Å². The number of para-hydroxylation sites is 1. The van der Waals surface area contributed by atoms with Crippen molar-refractivity contribution in [2.45, 2.75) is 11.4 Å². The minimum Gasteiger partial charge on any atom is -0.454 e. The maximum absolute atomic E-state index is 13.1. The number of halogens is 1. The molecule has 0 spiro atoms. The Labute approximate surface area is 235 Å². The van der Waals surface area contributed by atoms with E-state index < -0.39 is 10.0 Å². The number of ether oxygens (including phenoxy) is 3. The Bertz CT molecular complexity index is 1580. The van der Waals surface area contributed by atoms with E-state index in [0.717, 1.165) is 38.8 Å². The van der Waals surface area contributed by atoms with Gasteiger partial charge in [0.15, 0.2) is 16.3 Å². The first-order valence-electron chi connectivity index (χ1n) is 11.9. The van der Waals surface area contributed by atoms with E-state index in [4.69, 9.17) is 19.2 Å². The van der Waals surface area contributed by atoms with Crippen LogP contribution >= 0.6 is 28.3 Å². The van der Waals surface area contributed by atoms with Crippen LogP contribution in [0.1, 0.15) is 5.56 Å². The largest absolute Gasteiger partial charge is 0.454 e. The van der Waals surface area contributed by atoms with Crippen LogP contribution < -0.4 is 14.3 Å². The summed E-state index contributed by atoms with van der Waals surface area (Å²) in [6, 6.07) is 22.8. The van der Waals surface area contributed by atoms with Gasteiger partial charge >= 0.3 is 0 Å². The van der Waals surface area contributed by atoms with Crippen LogP contribution in [0.2, 0.25) is 0 Å². The molecule has 0 bridgehead atoms. The Morgan fingerprint density at radius 3 is 2.39 bits per heavy atom. The van der Waals surface area contributed by atoms with Crippen molar-refractivity contribution in [2.24, 2.45) is 4.99 Å². The van der Waals surface area contributed by atoms with Crippen molar-refractivity contribution in [1.82, 2.24) is 8.87 Å². The Kier molecular flexibility index (Phi) is 8.01. The van der Waals surface area contributed by atoms with Gasteiger partial charge in [-0.2, -0.15) is 4.31 Å². The van der Waals surface area contributed by atoms with E-state index >= 15 is 0 Å². The molecule has 0 radical (unpaired) electrons. The smallest absolute Gasteiger partial charge is 0.243 e. The number of rotatable bonds is 6. The van der Waals surface area contributed by atoms with Gasteiger partial charge in [-0.3, -0.25) is 0 Å². The molecule has 0 unspecified atom stereocenters. The third kappa shape index (κ3) is 5.43. The molecular weight excluding hydrogens is 590 g/mol. The third-order valence-electron chi connectivity index (χ3n) is 6.31. The highest BCUT2D eigenvalue weighted by Crippen LogP contribution is 2.33. The van der Waals surface area contributed by atoms with Gasteiger partial charge in [0.1, 0.15) is 0 Å². The van der Waals surface area contributed by atoms with Crippen molar-refractivity contribution >= 4 is 44.0 Å². The second-order valence-corrected chi connectivity index (χ2v) is 11.4. The molecule has 38 heavy (non-hydrogen) atoms. The molecular formula is C27H26BrN3O5S2. The highest BCUT2D eigenvalue weighted by atomic mass is 79.9. The standard InChI is InChI=1S/C27H25N3O5S2.BrH/c31-37(32,29-12-14-33-15-13-29)23-9-7-21(8-10-23)24-18-36-27(28-22-4-2-1-3-5-22)30(24)17-20-6-11-25-26(16-20)35-19-34-25;/h1-11,16,18H,12-15,17,19H2;1H. The zero-order valence-electron chi connectivity index (χ0n) is 20.4. The lowest BCUT2D eigenvalue weighted by Crippen LogP contribution is -2.40. The minimum atomic E-state index is -3.56. The van der Waals surface area contributed by atoms with Gasteiger partial charge in [-0.25, -0.2) is 13.4 Å². The van der Waals surface area contributed by atoms with E-state index in [1.165, 1.54) is 4.31 Å². The zero-order chi connectivity index (χ0) is 25.2. The summed E-state index contributed by atoms with van der Waals surface area (Å²) in [6.45, 7) is 2.36. The molecule has 2 aliphatic heterocycles. The van der Waals surface area contributed by atoms with Gasteiger partial charge in [0.05, 0.1) is 36.0 Å². The zero-order valence-corrected chi connectivity index (χ0v) is 23.7. The van der Waals surface area contributed by atoms with E-state index in [1.54, 1.807) is 23.5 Å². The maximum Gasteiger partial charge on any atom is 0.243 e. The SMILES string of the molecule is Br.O=S(=O)(c1ccc(-c2csc(=Nc3ccccc3)n2Cc2ccc3c(c2)OCO3)cc1)N1CCOCC1. The monoisotopic (exact) mass is 615 g/mol. The summed E-state index contributed by atoms with van der Waals surface area (Å²) in [7, 11) is -3.56. The van der Waals surface area contributed by atoms with Crippen LogP contribution in [0.5, 0.6) is 11.5 Å². The summed E-state index contributed by atoms with van der Waals surface area (Å²) < 4.78 is 46.1. The van der Waals surface area contributed by atoms with Crippen LogP contribution in [0.25, 0.3) is 11.3 Å². The predicted octanol–water partition coefficient (Wildman–Crippen LogP) is 4.82. The molecule has 0 atom stereocenters. The van der Waals surface area contributed by atoms with Gasteiger partial charge in [0.25, 0.3) is 0 Å². The molecule has 1 fully saturated rings. The molecule has 4 aromatic rings. The van der Waals surface area contributed by atoms with Gasteiger partial charge in [-0.1, -0.05) is 36.4 Å². The average Bonchev–Trinajstić information content (AvgIpc) is 3.57. The van der Waals surface area contributed by atoms with Gasteiger partial charge < -0.3 is 18.8 Å². The molecule has 6 rings (SSSR count). The van der Waals surface area contributed by atoms with E-state index in [-0.39, 0.29) is 28.7 Å². The van der Waals surface area contributed by atoms with E-state index in [2.05, 4.69) is 9.95 Å². The fraction of sp³-hybridized carbons (Fsp3) is 0.222. The van der Waals surface area contributed by atoms with Gasteiger partial charge in [-0.05, 0) is 47.5 Å². The van der Waals surface area contributed by atoms with Crippen molar-refractivity contribution in [3.05, 3.63) is 88.5 Å². The van der Waals surface area contributed by atoms with Crippen molar-refractivity contribution in [3.8, 4) is 22.8 Å². The topological polar surface area (TPSA) is 82.4 Å². The second-order valence-electron chi connectivity index (χ2n) is 8.67. The summed E-state index contributed by atoms with van der Waals surface area (Å²) in [5, 5.41) is 2.06. The lowest BCUT2D eigenvalue weighted by atomic mass is 10.1. The third-order valence-corrected chi connectivity index (χ3v) is 9.09. The molecule has 8 nitrogen and oxygen atoms in total. The Balaban J connectivity index is 0.00000294. The molecule has 0 saturated carbocycles. The fourth-order valence-corrected chi connectivity index (χ4v) is 6.71. The molecule has 2 aliphatic rings. The molecule has 0 amide bonds. The number of thiazole rings is 1. The average molecular weight is 617 g/mol. The minimum absolute atomic E-state index is 0. The lowest BCUT2D eigenvalue weighted by molar-refractivity contribution is 0.0730. The summed E-state index contributed by atoms with van der Waals surface area (Å²) in [4.78, 5) is 6.00. The van der Waals surface area contributed by atoms with Gasteiger partial charge in [-0.15, -0.1) is 28.3 Å². The van der Waals surface area contributed by atoms with Crippen molar-refractivity contribution in [1.29, 1.82) is 0 Å². The number of fused-ring (bicyclic) bond motifs is 1. The highest BCUT2D eigenvalue weighted by Gasteiger charge is 2.26. The van der Waals surface area contributed by atoms with Crippen LogP contribution in [-0.4, -0.2) is 50.4 Å². The number of aromatic nitrogens is 1. The van der Waals surface area contributed by atoms with Crippen LogP contribution in [0, 0.1) is 0 Å². The van der Waals surface area contributed by atoms with Crippen LogP contribution in [0.4, 0.5) is 5.69 Å². The van der Waals surface area contributed by atoms with E-state index in [9.17, 15) is 8.42 Å². The Hall–Kier alpha value is -2.96. The molecule has 1 saturated heterocycles. The molecule has 3 aromatic carbocycles. The van der Waals surface area contributed by atoms with Gasteiger partial charge in [0, 0.05) is 18.5 Å². The first-order valence-corrected chi connectivity index (χ1v) is 14.2. The maximum atomic E-state index is 13.1. The Morgan fingerprint density at radius 2 is 1.63 bits per heavy atom. The number of morpholine rings is 1. The summed E-state index contributed by atoms with van der Waals surface area (Å²) >= 11 is 1.54. The summed E-state index contributed by atoms with van der Waals surface area (Å²) in [5.41, 5.74) is 3.77. The molecule has 0 aliphatic carbocycles. The van der Waals surface area contributed by atoms with Gasteiger partial charge in [0.2, 0.25) is 16.8 Å². The molecule has 1 aromatic heterocycles. The molecule has 3 heterocycles. The fourth-order valence-electron chi connectivity index (χ4n) is 4.37. The summed E-state index contributed by atoms with van der Waals surface area (Å²) in [6.07, 6.45) is 0. The predicted molar refractivity (Wildman–Crippen MR) is 151 cm³/mol. The van der Waals surface area contributed by atoms with E-state index in [1.807, 2.05) is 60.7 Å². The highest BCUT2D eigenvalue weighted by molar-refractivity contribution is 8.93. The lowest BCUT2D eigenvalue weighted by Gasteiger charge is -2.26. The molecule has 11 heteroatoms. The first kappa shape index (κ1) is 26.6. The molecule has 198 valence electrons. The number of benzene rings is 3. The number of hydrogen-bond donors (Lipinski definition) is 0. The number of nitrogens with zero attached hydrogens (tertiary/aromatic N) is 3. The van der Waals surface area contributed by atoms with Crippen molar-refractivity contribution < 1.29 is 22.6 Å². The number of sulfonamides is 1. The normalized spacial score (nSPS) is 15.8. The second kappa shape index (κ2) is 11.4. The van der Waals surface area contributed by atoms with Crippen molar-refractivity contribution in [2.75, 3.05) is 33.1 Å². The first-order chi connectivity index (χ1) is 18.1. The van der Waals surface area contributed by atoms with Crippen LogP contribution in [0.3, 0.4) is 0 Å². The number of hydrogen-bond acceptors (Lipinski definition) is 7. The van der Waals surface area contributed by atoms with Crippen molar-refractivity contribution in [3.63, 3.8) is 0 Å². The molecule has 0 N–H and O–H groups in total. The quantitative estimate of drug-likeness (QED) is 0.310. The van der Waals surface area contributed by atoms with E-state index in [0.29, 0.717) is 32.8 Å². The van der Waals surface area contributed by atoms with Crippen LogP contribution in [-0.2, 0) is 21.3 Å². The Morgan fingerprint density at radius 1 is 0.895 bits per heavy atom. The summed E-state index contributed by atoms with van der Waals surface area (Å²) in [5.74, 6) is 1.47.